The van der Waals surface area contributed by atoms with Gasteiger partial charge in [-0.05, 0) is 6.07 Å². The monoisotopic (exact) mass is 283 g/mol. The average molecular weight is 283 g/mol. The van der Waals surface area contributed by atoms with Crippen molar-refractivity contribution in [3.05, 3.63) is 23.5 Å². The summed E-state index contributed by atoms with van der Waals surface area (Å²) in [7, 11) is -4.10. The Morgan fingerprint density at radius 2 is 2.00 bits per heavy atom. The SMILES string of the molecule is CCS(=O)(=O)c1cc(C(F)(F)F)cnc1C(=O)O. The van der Waals surface area contributed by atoms with Gasteiger partial charge in [-0.1, -0.05) is 6.92 Å². The van der Waals surface area contributed by atoms with E-state index in [0.29, 0.717) is 0 Å². The van der Waals surface area contributed by atoms with Crippen molar-refractivity contribution in [2.45, 2.75) is 18.0 Å². The number of carboxylic acid groups (broad SMARTS) is 1. The molecule has 0 aliphatic carbocycles. The van der Waals surface area contributed by atoms with Gasteiger partial charge >= 0.3 is 12.1 Å². The Morgan fingerprint density at radius 3 is 2.39 bits per heavy atom. The third-order valence-corrected chi connectivity index (χ3v) is 3.84. The lowest BCUT2D eigenvalue weighted by molar-refractivity contribution is -0.138. The zero-order valence-electron chi connectivity index (χ0n) is 9.02. The van der Waals surface area contributed by atoms with E-state index in [9.17, 15) is 26.4 Å². The van der Waals surface area contributed by atoms with E-state index >= 15 is 0 Å². The predicted molar refractivity (Wildman–Crippen MR) is 53.9 cm³/mol. The van der Waals surface area contributed by atoms with Gasteiger partial charge in [0.2, 0.25) is 0 Å². The number of alkyl halides is 3. The summed E-state index contributed by atoms with van der Waals surface area (Å²) in [4.78, 5) is 12.9. The summed E-state index contributed by atoms with van der Waals surface area (Å²) in [5.74, 6) is -2.22. The van der Waals surface area contributed by atoms with Crippen molar-refractivity contribution in [2.24, 2.45) is 0 Å². The van der Waals surface area contributed by atoms with E-state index < -0.39 is 43.9 Å². The van der Waals surface area contributed by atoms with Crippen molar-refractivity contribution in [3.63, 3.8) is 0 Å². The molecule has 1 rings (SSSR count). The van der Waals surface area contributed by atoms with Crippen molar-refractivity contribution >= 4 is 15.8 Å². The molecule has 1 heterocycles. The molecule has 0 saturated heterocycles. The Bertz CT molecular complexity index is 580. The minimum Gasteiger partial charge on any atom is -0.476 e. The topological polar surface area (TPSA) is 84.3 Å². The molecule has 0 aliphatic heterocycles. The Balaban J connectivity index is 3.59. The second-order valence-corrected chi connectivity index (χ2v) is 5.52. The van der Waals surface area contributed by atoms with Crippen molar-refractivity contribution < 1.29 is 31.5 Å². The van der Waals surface area contributed by atoms with Crippen LogP contribution >= 0.6 is 0 Å². The van der Waals surface area contributed by atoms with Crippen LogP contribution in [0, 0.1) is 0 Å². The summed E-state index contributed by atoms with van der Waals surface area (Å²) in [6, 6.07) is 0.287. The van der Waals surface area contributed by atoms with Gasteiger partial charge in [0.15, 0.2) is 15.5 Å². The average Bonchev–Trinajstić information content (AvgIpc) is 2.27. The predicted octanol–water partition coefficient (Wildman–Crippen LogP) is 1.59. The van der Waals surface area contributed by atoms with Gasteiger partial charge in [0.1, 0.15) is 4.90 Å². The first-order chi connectivity index (χ1) is 8.09. The van der Waals surface area contributed by atoms with E-state index in [4.69, 9.17) is 5.11 Å². The van der Waals surface area contributed by atoms with E-state index in [0.717, 1.165) is 0 Å². The lowest BCUT2D eigenvalue weighted by atomic mass is 10.2. The van der Waals surface area contributed by atoms with E-state index in [1.807, 2.05) is 0 Å². The summed E-state index contributed by atoms with van der Waals surface area (Å²) in [6.45, 7) is 1.20. The van der Waals surface area contributed by atoms with Crippen LogP contribution in [0.5, 0.6) is 0 Å². The largest absolute Gasteiger partial charge is 0.476 e. The van der Waals surface area contributed by atoms with Crippen molar-refractivity contribution in [3.8, 4) is 0 Å². The molecule has 0 bridgehead atoms. The molecular weight excluding hydrogens is 275 g/mol. The van der Waals surface area contributed by atoms with Crippen LogP contribution in [0.3, 0.4) is 0 Å². The minimum atomic E-state index is -4.79. The summed E-state index contributed by atoms with van der Waals surface area (Å²) >= 11 is 0. The maximum absolute atomic E-state index is 12.4. The van der Waals surface area contributed by atoms with Gasteiger partial charge in [-0.2, -0.15) is 13.2 Å². The number of sulfone groups is 1. The van der Waals surface area contributed by atoms with Gasteiger partial charge in [0.25, 0.3) is 0 Å². The molecule has 0 spiro atoms. The third-order valence-electron chi connectivity index (χ3n) is 2.10. The molecule has 0 radical (unpaired) electrons. The van der Waals surface area contributed by atoms with Gasteiger partial charge in [-0.25, -0.2) is 18.2 Å². The molecule has 0 atom stereocenters. The molecule has 0 saturated carbocycles. The highest BCUT2D eigenvalue weighted by Gasteiger charge is 2.34. The summed E-state index contributed by atoms with van der Waals surface area (Å²) in [5, 5.41) is 8.71. The number of aromatic nitrogens is 1. The molecule has 1 N–H and O–H groups in total. The Kier molecular flexibility index (Phi) is 3.65. The molecule has 1 aromatic rings. The van der Waals surface area contributed by atoms with Crippen LogP contribution in [0.15, 0.2) is 17.2 Å². The summed E-state index contributed by atoms with van der Waals surface area (Å²) in [6.07, 6.45) is -4.50. The number of hydrogen-bond acceptors (Lipinski definition) is 4. The number of nitrogens with zero attached hydrogens (tertiary/aromatic N) is 1. The molecule has 0 aliphatic rings. The molecule has 1 aromatic heterocycles. The first kappa shape index (κ1) is 14.4. The van der Waals surface area contributed by atoms with Crippen LogP contribution < -0.4 is 0 Å². The fourth-order valence-electron chi connectivity index (χ4n) is 1.15. The molecule has 18 heavy (non-hydrogen) atoms. The lowest BCUT2D eigenvalue weighted by Gasteiger charge is -2.10. The fourth-order valence-corrected chi connectivity index (χ4v) is 2.20. The van der Waals surface area contributed by atoms with Crippen molar-refractivity contribution in [1.82, 2.24) is 4.98 Å². The number of carbonyl (C=O) groups is 1. The van der Waals surface area contributed by atoms with Crippen LogP contribution in [-0.2, 0) is 16.0 Å². The Morgan fingerprint density at radius 1 is 1.44 bits per heavy atom. The van der Waals surface area contributed by atoms with Crippen molar-refractivity contribution in [2.75, 3.05) is 5.75 Å². The number of halogens is 3. The van der Waals surface area contributed by atoms with Crippen LogP contribution in [0.2, 0.25) is 0 Å². The van der Waals surface area contributed by atoms with Gasteiger partial charge < -0.3 is 5.11 Å². The minimum absolute atomic E-state index is 0.287. The van der Waals surface area contributed by atoms with Crippen LogP contribution in [0.25, 0.3) is 0 Å². The molecule has 5 nitrogen and oxygen atoms in total. The normalized spacial score (nSPS) is 12.4. The summed E-state index contributed by atoms with van der Waals surface area (Å²) in [5.41, 5.74) is -2.22. The number of pyridine rings is 1. The smallest absolute Gasteiger partial charge is 0.417 e. The van der Waals surface area contributed by atoms with Gasteiger partial charge in [-0.15, -0.1) is 0 Å². The number of carboxylic acids is 1. The van der Waals surface area contributed by atoms with Gasteiger partial charge in [0, 0.05) is 6.20 Å². The first-order valence-corrected chi connectivity index (χ1v) is 6.28. The second-order valence-electron chi connectivity index (χ2n) is 3.28. The van der Waals surface area contributed by atoms with Crippen molar-refractivity contribution in [1.29, 1.82) is 0 Å². The fraction of sp³-hybridized carbons (Fsp3) is 0.333. The molecule has 0 fully saturated rings. The van der Waals surface area contributed by atoms with Crippen LogP contribution in [0.1, 0.15) is 23.0 Å². The van der Waals surface area contributed by atoms with Crippen LogP contribution in [-0.4, -0.2) is 30.2 Å². The van der Waals surface area contributed by atoms with E-state index in [2.05, 4.69) is 4.98 Å². The highest BCUT2D eigenvalue weighted by atomic mass is 32.2. The maximum atomic E-state index is 12.4. The second kappa shape index (κ2) is 4.56. The van der Waals surface area contributed by atoms with E-state index in [1.54, 1.807) is 0 Å². The zero-order valence-corrected chi connectivity index (χ0v) is 9.84. The number of rotatable bonds is 3. The molecule has 100 valence electrons. The van der Waals surface area contributed by atoms with E-state index in [1.165, 1.54) is 6.92 Å². The van der Waals surface area contributed by atoms with E-state index in [-0.39, 0.29) is 12.3 Å². The molecular formula is C9H8F3NO4S. The zero-order chi connectivity index (χ0) is 14.1. The lowest BCUT2D eigenvalue weighted by Crippen LogP contribution is -2.16. The standard InChI is InChI=1S/C9H8F3NO4S/c1-2-18(16,17)6-3-5(9(10,11)12)4-13-7(6)8(14)15/h3-4H,2H2,1H3,(H,14,15). The quantitative estimate of drug-likeness (QED) is 0.910. The third kappa shape index (κ3) is 2.78. The highest BCUT2D eigenvalue weighted by Crippen LogP contribution is 2.31. The van der Waals surface area contributed by atoms with Gasteiger partial charge in [0.05, 0.1) is 11.3 Å². The number of hydrogen-bond donors (Lipinski definition) is 1. The Hall–Kier alpha value is -1.64. The number of aromatic carboxylic acids is 1. The first-order valence-electron chi connectivity index (χ1n) is 4.63. The highest BCUT2D eigenvalue weighted by molar-refractivity contribution is 7.91. The van der Waals surface area contributed by atoms with Crippen LogP contribution in [0.4, 0.5) is 13.2 Å². The molecule has 0 unspecified atom stereocenters. The molecule has 9 heteroatoms. The summed E-state index contributed by atoms with van der Waals surface area (Å²) < 4.78 is 60.3. The maximum Gasteiger partial charge on any atom is 0.417 e. The van der Waals surface area contributed by atoms with Gasteiger partial charge in [-0.3, -0.25) is 0 Å². The molecule has 0 aromatic carbocycles. The Labute approximate surface area is 100 Å². The molecule has 0 amide bonds.